The lowest BCUT2D eigenvalue weighted by molar-refractivity contribution is -0.118. The predicted octanol–water partition coefficient (Wildman–Crippen LogP) is 4.98. The number of anilines is 1. The van der Waals surface area contributed by atoms with Crippen molar-refractivity contribution >= 4 is 50.7 Å². The molecule has 0 bridgehead atoms. The second-order valence-electron chi connectivity index (χ2n) is 5.28. The first kappa shape index (κ1) is 14.9. The Balaban J connectivity index is 2.05. The van der Waals surface area contributed by atoms with Crippen molar-refractivity contribution in [3.8, 4) is 0 Å². The lowest BCUT2D eigenvalue weighted by Crippen LogP contribution is -2.16. The molecule has 5 heteroatoms. The van der Waals surface area contributed by atoms with E-state index in [0.717, 1.165) is 10.2 Å². The minimum atomic E-state index is -0.103. The molecular formula is C14H14BrCl2NO. The summed E-state index contributed by atoms with van der Waals surface area (Å²) in [5.74, 6) is -0.000231. The minimum Gasteiger partial charge on any atom is -0.326 e. The first-order valence-corrected chi connectivity index (χ1v) is 7.46. The van der Waals surface area contributed by atoms with Gasteiger partial charge in [-0.3, -0.25) is 4.79 Å². The number of amides is 1. The number of halogens is 3. The largest absolute Gasteiger partial charge is 0.326 e. The summed E-state index contributed by atoms with van der Waals surface area (Å²) in [6.07, 6.45) is 1.74. The van der Waals surface area contributed by atoms with E-state index in [0.29, 0.717) is 0 Å². The molecule has 0 unspecified atom stereocenters. The maximum Gasteiger partial charge on any atom is 0.228 e. The van der Waals surface area contributed by atoms with Gasteiger partial charge in [0.1, 0.15) is 4.49 Å². The molecule has 1 aliphatic rings. The molecule has 1 aliphatic carbocycles. The Labute approximate surface area is 131 Å². The van der Waals surface area contributed by atoms with E-state index in [1.807, 2.05) is 38.1 Å². The lowest BCUT2D eigenvalue weighted by Gasteiger charge is -2.06. The molecule has 0 aliphatic heterocycles. The fraction of sp³-hybridized carbons (Fsp3) is 0.357. The molecule has 1 fully saturated rings. The van der Waals surface area contributed by atoms with Crippen LogP contribution in [0.3, 0.4) is 0 Å². The van der Waals surface area contributed by atoms with Crippen molar-refractivity contribution < 1.29 is 4.79 Å². The van der Waals surface area contributed by atoms with Crippen LogP contribution in [0, 0.1) is 17.3 Å². The van der Waals surface area contributed by atoms with Gasteiger partial charge in [-0.05, 0) is 41.7 Å². The van der Waals surface area contributed by atoms with E-state index in [-0.39, 0.29) is 27.6 Å². The second-order valence-corrected chi connectivity index (χ2v) is 7.20. The van der Waals surface area contributed by atoms with Gasteiger partial charge >= 0.3 is 0 Å². The summed E-state index contributed by atoms with van der Waals surface area (Å²) in [6.45, 7) is 4.08. The van der Waals surface area contributed by atoms with Gasteiger partial charge in [-0.2, -0.15) is 0 Å². The van der Waals surface area contributed by atoms with Crippen molar-refractivity contribution in [3.63, 3.8) is 0 Å². The SMILES string of the molecule is CC1(C)[C@@H](C=C(Cl)Cl)[C@@H]1C(=O)Nc1ccc(Br)cc1. The molecule has 0 saturated heterocycles. The summed E-state index contributed by atoms with van der Waals surface area (Å²) < 4.78 is 1.20. The van der Waals surface area contributed by atoms with Crippen LogP contribution in [0.25, 0.3) is 0 Å². The Morgan fingerprint density at radius 3 is 2.42 bits per heavy atom. The molecule has 1 N–H and O–H groups in total. The number of carbonyl (C=O) groups is 1. The Bertz CT molecular complexity index is 521. The third-order valence-corrected chi connectivity index (χ3v) is 4.39. The number of allylic oxidation sites excluding steroid dienone is 1. The lowest BCUT2D eigenvalue weighted by atomic mass is 10.1. The van der Waals surface area contributed by atoms with Crippen molar-refractivity contribution in [2.75, 3.05) is 5.32 Å². The third-order valence-electron chi connectivity index (χ3n) is 3.61. The van der Waals surface area contributed by atoms with Crippen LogP contribution in [-0.2, 0) is 4.79 Å². The summed E-state index contributed by atoms with van der Waals surface area (Å²) in [7, 11) is 0. The highest BCUT2D eigenvalue weighted by atomic mass is 79.9. The fourth-order valence-corrected chi connectivity index (χ4v) is 2.91. The molecule has 1 aromatic carbocycles. The maximum absolute atomic E-state index is 12.2. The molecule has 19 heavy (non-hydrogen) atoms. The van der Waals surface area contributed by atoms with Gasteiger partial charge in [0.05, 0.1) is 5.92 Å². The molecule has 102 valence electrons. The van der Waals surface area contributed by atoms with E-state index in [9.17, 15) is 4.79 Å². The van der Waals surface area contributed by atoms with Gasteiger partial charge in [-0.15, -0.1) is 0 Å². The number of rotatable bonds is 3. The quantitative estimate of drug-likeness (QED) is 0.807. The van der Waals surface area contributed by atoms with Crippen molar-refractivity contribution in [2.24, 2.45) is 17.3 Å². The van der Waals surface area contributed by atoms with Gasteiger partial charge in [0.25, 0.3) is 0 Å². The summed E-state index contributed by atoms with van der Waals surface area (Å²) in [6, 6.07) is 7.49. The van der Waals surface area contributed by atoms with Crippen LogP contribution in [0.1, 0.15) is 13.8 Å². The summed E-state index contributed by atoms with van der Waals surface area (Å²) in [4.78, 5) is 12.2. The molecule has 2 atom stereocenters. The van der Waals surface area contributed by atoms with Crippen LogP contribution < -0.4 is 5.32 Å². The van der Waals surface area contributed by atoms with Crippen LogP contribution in [0.4, 0.5) is 5.69 Å². The summed E-state index contributed by atoms with van der Waals surface area (Å²) >= 11 is 14.7. The zero-order valence-corrected chi connectivity index (χ0v) is 13.7. The van der Waals surface area contributed by atoms with Gasteiger partial charge in [0, 0.05) is 10.2 Å². The number of hydrogen-bond acceptors (Lipinski definition) is 1. The predicted molar refractivity (Wildman–Crippen MR) is 83.3 cm³/mol. The van der Waals surface area contributed by atoms with Gasteiger partial charge < -0.3 is 5.32 Å². The highest BCUT2D eigenvalue weighted by Gasteiger charge is 2.60. The van der Waals surface area contributed by atoms with Crippen LogP contribution in [-0.4, -0.2) is 5.91 Å². The molecule has 0 heterocycles. The van der Waals surface area contributed by atoms with Crippen molar-refractivity contribution in [1.82, 2.24) is 0 Å². The molecule has 2 nitrogen and oxygen atoms in total. The zero-order chi connectivity index (χ0) is 14.2. The van der Waals surface area contributed by atoms with E-state index in [2.05, 4.69) is 21.2 Å². The highest BCUT2D eigenvalue weighted by molar-refractivity contribution is 9.10. The highest BCUT2D eigenvalue weighted by Crippen LogP contribution is 2.59. The van der Waals surface area contributed by atoms with E-state index >= 15 is 0 Å². The second kappa shape index (κ2) is 5.47. The van der Waals surface area contributed by atoms with E-state index < -0.39 is 0 Å². The number of nitrogens with one attached hydrogen (secondary N) is 1. The van der Waals surface area contributed by atoms with Crippen LogP contribution in [0.2, 0.25) is 0 Å². The molecule has 1 amide bonds. The molecule has 0 radical (unpaired) electrons. The van der Waals surface area contributed by atoms with Crippen LogP contribution in [0.15, 0.2) is 39.3 Å². The number of carbonyl (C=O) groups excluding carboxylic acids is 1. The van der Waals surface area contributed by atoms with Crippen molar-refractivity contribution in [2.45, 2.75) is 13.8 Å². The first-order chi connectivity index (χ1) is 8.82. The maximum atomic E-state index is 12.2. The Morgan fingerprint density at radius 2 is 1.89 bits per heavy atom. The topological polar surface area (TPSA) is 29.1 Å². The minimum absolute atomic E-state index is 0.00292. The Kier molecular flexibility index (Phi) is 4.29. The average molecular weight is 363 g/mol. The van der Waals surface area contributed by atoms with Gasteiger partial charge in [-0.25, -0.2) is 0 Å². The zero-order valence-electron chi connectivity index (χ0n) is 10.6. The number of hydrogen-bond donors (Lipinski definition) is 1. The summed E-state index contributed by atoms with van der Waals surface area (Å²) in [5, 5.41) is 2.91. The monoisotopic (exact) mass is 361 g/mol. The normalized spacial score (nSPS) is 23.6. The number of benzene rings is 1. The van der Waals surface area contributed by atoms with Gasteiger partial charge in [0.15, 0.2) is 0 Å². The van der Waals surface area contributed by atoms with Gasteiger partial charge in [0.2, 0.25) is 5.91 Å². The standard InChI is InChI=1S/C14H14BrCl2NO/c1-14(2)10(7-11(16)17)12(14)13(19)18-9-5-3-8(15)4-6-9/h3-7,10,12H,1-2H3,(H,18,19)/t10-,12+/m0/s1. The van der Waals surface area contributed by atoms with Crippen molar-refractivity contribution in [3.05, 3.63) is 39.3 Å². The average Bonchev–Trinajstić information content (AvgIpc) is 2.83. The molecule has 1 aromatic rings. The fourth-order valence-electron chi connectivity index (χ4n) is 2.38. The van der Waals surface area contributed by atoms with Gasteiger partial charge in [-0.1, -0.05) is 53.0 Å². The molecule has 2 rings (SSSR count). The molecule has 0 aromatic heterocycles. The third kappa shape index (κ3) is 3.33. The van der Waals surface area contributed by atoms with Crippen LogP contribution in [0.5, 0.6) is 0 Å². The molecule has 0 spiro atoms. The Morgan fingerprint density at radius 1 is 1.32 bits per heavy atom. The van der Waals surface area contributed by atoms with E-state index in [1.165, 1.54) is 0 Å². The van der Waals surface area contributed by atoms with E-state index in [1.54, 1.807) is 6.08 Å². The van der Waals surface area contributed by atoms with Crippen LogP contribution >= 0.6 is 39.1 Å². The molecular weight excluding hydrogens is 349 g/mol. The molecule has 1 saturated carbocycles. The summed E-state index contributed by atoms with van der Waals surface area (Å²) in [5.41, 5.74) is 0.685. The van der Waals surface area contributed by atoms with E-state index in [4.69, 9.17) is 23.2 Å². The van der Waals surface area contributed by atoms with Crippen molar-refractivity contribution in [1.29, 1.82) is 0 Å². The first-order valence-electron chi connectivity index (χ1n) is 5.91. The smallest absolute Gasteiger partial charge is 0.228 e. The Hall–Kier alpha value is -0.510.